The van der Waals surface area contributed by atoms with Crippen LogP contribution in [0.4, 0.5) is 11.4 Å². The van der Waals surface area contributed by atoms with Gasteiger partial charge in [-0.15, -0.1) is 0 Å². The first-order valence-corrected chi connectivity index (χ1v) is 7.61. The van der Waals surface area contributed by atoms with Gasteiger partial charge in [0.15, 0.2) is 0 Å². The molecular formula is C16H24N4O3. The third-order valence-corrected chi connectivity index (χ3v) is 3.45. The third-order valence-electron chi connectivity index (χ3n) is 3.45. The summed E-state index contributed by atoms with van der Waals surface area (Å²) in [6, 6.07) is 6.28. The van der Waals surface area contributed by atoms with Gasteiger partial charge >= 0.3 is 11.8 Å². The van der Waals surface area contributed by atoms with E-state index >= 15 is 0 Å². The van der Waals surface area contributed by atoms with Crippen LogP contribution in [0, 0.1) is 0 Å². The van der Waals surface area contributed by atoms with Crippen LogP contribution < -0.4 is 16.0 Å². The summed E-state index contributed by atoms with van der Waals surface area (Å²) in [7, 11) is 0. The summed E-state index contributed by atoms with van der Waals surface area (Å²) in [5.41, 5.74) is 6.35. The van der Waals surface area contributed by atoms with Crippen molar-refractivity contribution < 1.29 is 14.4 Å². The maximum atomic E-state index is 12.2. The minimum atomic E-state index is -0.914. The normalized spacial score (nSPS) is 10.4. The van der Waals surface area contributed by atoms with Gasteiger partial charge in [-0.25, -0.2) is 4.90 Å². The van der Waals surface area contributed by atoms with Crippen molar-refractivity contribution in [1.82, 2.24) is 10.2 Å². The van der Waals surface area contributed by atoms with Crippen molar-refractivity contribution in [2.75, 3.05) is 36.8 Å². The van der Waals surface area contributed by atoms with Crippen molar-refractivity contribution in [1.29, 1.82) is 0 Å². The monoisotopic (exact) mass is 320 g/mol. The SMILES string of the molecule is CCN(CC)CCNC(=O)C(=O)N(C(C)=O)c1cccc(N)c1. The second kappa shape index (κ2) is 8.89. The van der Waals surface area contributed by atoms with Crippen LogP contribution in [-0.4, -0.2) is 48.8 Å². The van der Waals surface area contributed by atoms with Crippen molar-refractivity contribution in [3.8, 4) is 0 Å². The Kier molecular flexibility index (Phi) is 7.21. The van der Waals surface area contributed by atoms with Crippen molar-refractivity contribution in [2.45, 2.75) is 20.8 Å². The fourth-order valence-corrected chi connectivity index (χ4v) is 2.15. The highest BCUT2D eigenvalue weighted by atomic mass is 16.2. The molecule has 0 heterocycles. The Morgan fingerprint density at radius 3 is 2.35 bits per heavy atom. The summed E-state index contributed by atoms with van der Waals surface area (Å²) in [5, 5.41) is 2.55. The Bertz CT molecular complexity index is 570. The van der Waals surface area contributed by atoms with Crippen LogP contribution in [0.2, 0.25) is 0 Å². The summed E-state index contributed by atoms with van der Waals surface area (Å²) in [5.74, 6) is -2.27. The molecule has 0 unspecified atom stereocenters. The molecule has 1 aromatic carbocycles. The summed E-state index contributed by atoms with van der Waals surface area (Å²) in [6.07, 6.45) is 0. The number of likely N-dealkylation sites (N-methyl/N-ethyl adjacent to an activating group) is 1. The number of carbonyl (C=O) groups is 3. The summed E-state index contributed by atoms with van der Waals surface area (Å²) < 4.78 is 0. The number of carbonyl (C=O) groups excluding carboxylic acids is 3. The van der Waals surface area contributed by atoms with Gasteiger partial charge < -0.3 is 16.0 Å². The first-order valence-electron chi connectivity index (χ1n) is 7.61. The Balaban J connectivity index is 2.74. The van der Waals surface area contributed by atoms with Gasteiger partial charge in [0.2, 0.25) is 5.91 Å². The standard InChI is InChI=1S/C16H24N4O3/c1-4-19(5-2)10-9-18-15(22)16(23)20(12(3)21)14-8-6-7-13(17)11-14/h6-8,11H,4-5,9-10,17H2,1-3H3,(H,18,22). The van der Waals surface area contributed by atoms with E-state index in [9.17, 15) is 14.4 Å². The number of hydrogen-bond acceptors (Lipinski definition) is 5. The van der Waals surface area contributed by atoms with Crippen molar-refractivity contribution >= 4 is 29.1 Å². The lowest BCUT2D eigenvalue weighted by molar-refractivity contribution is -0.139. The molecule has 0 aliphatic carbocycles. The lowest BCUT2D eigenvalue weighted by atomic mass is 10.2. The number of anilines is 2. The molecule has 0 aliphatic heterocycles. The van der Waals surface area contributed by atoms with Crippen LogP contribution >= 0.6 is 0 Å². The average molecular weight is 320 g/mol. The topological polar surface area (TPSA) is 95.7 Å². The Morgan fingerprint density at radius 1 is 1.17 bits per heavy atom. The van der Waals surface area contributed by atoms with Crippen LogP contribution in [-0.2, 0) is 14.4 Å². The molecule has 0 spiro atoms. The number of rotatable bonds is 6. The van der Waals surface area contributed by atoms with Gasteiger partial charge in [0, 0.05) is 25.7 Å². The molecule has 3 N–H and O–H groups in total. The van der Waals surface area contributed by atoms with Gasteiger partial charge in [0.1, 0.15) is 0 Å². The number of benzene rings is 1. The average Bonchev–Trinajstić information content (AvgIpc) is 2.51. The second-order valence-electron chi connectivity index (χ2n) is 5.04. The zero-order valence-electron chi connectivity index (χ0n) is 13.8. The summed E-state index contributed by atoms with van der Waals surface area (Å²) in [4.78, 5) is 38.9. The maximum Gasteiger partial charge on any atom is 0.323 e. The van der Waals surface area contributed by atoms with E-state index in [1.807, 2.05) is 13.8 Å². The van der Waals surface area contributed by atoms with Gasteiger partial charge in [-0.1, -0.05) is 19.9 Å². The van der Waals surface area contributed by atoms with Gasteiger partial charge in [-0.05, 0) is 31.3 Å². The van der Waals surface area contributed by atoms with Gasteiger partial charge in [-0.3, -0.25) is 14.4 Å². The Labute approximate surface area is 136 Å². The molecule has 23 heavy (non-hydrogen) atoms. The van der Waals surface area contributed by atoms with Crippen LogP contribution in [0.15, 0.2) is 24.3 Å². The fraction of sp³-hybridized carbons (Fsp3) is 0.438. The summed E-state index contributed by atoms with van der Waals surface area (Å²) >= 11 is 0. The largest absolute Gasteiger partial charge is 0.399 e. The molecule has 0 radical (unpaired) electrons. The minimum Gasteiger partial charge on any atom is -0.399 e. The van der Waals surface area contributed by atoms with E-state index in [4.69, 9.17) is 5.73 Å². The number of nitrogens with zero attached hydrogens (tertiary/aromatic N) is 2. The van der Waals surface area contributed by atoms with Crippen molar-refractivity contribution in [3.05, 3.63) is 24.3 Å². The van der Waals surface area contributed by atoms with E-state index in [0.29, 0.717) is 18.8 Å². The molecule has 126 valence electrons. The van der Waals surface area contributed by atoms with Crippen molar-refractivity contribution in [2.24, 2.45) is 0 Å². The molecule has 0 aliphatic rings. The highest BCUT2D eigenvalue weighted by molar-refractivity contribution is 6.45. The number of nitrogens with one attached hydrogen (secondary N) is 1. The van der Waals surface area contributed by atoms with E-state index in [-0.39, 0.29) is 5.69 Å². The van der Waals surface area contributed by atoms with Crippen LogP contribution in [0.25, 0.3) is 0 Å². The van der Waals surface area contributed by atoms with E-state index in [2.05, 4.69) is 10.2 Å². The predicted molar refractivity (Wildman–Crippen MR) is 89.8 cm³/mol. The smallest absolute Gasteiger partial charge is 0.323 e. The number of nitrogen functional groups attached to an aromatic ring is 1. The Hall–Kier alpha value is -2.41. The van der Waals surface area contributed by atoms with Crippen LogP contribution in [0.1, 0.15) is 20.8 Å². The molecule has 7 heteroatoms. The first kappa shape index (κ1) is 18.6. The molecule has 1 aromatic rings. The molecule has 0 aromatic heterocycles. The molecule has 1 rings (SSSR count). The molecule has 7 nitrogen and oxygen atoms in total. The second-order valence-corrected chi connectivity index (χ2v) is 5.04. The molecule has 0 atom stereocenters. The van der Waals surface area contributed by atoms with E-state index in [1.54, 1.807) is 18.2 Å². The van der Waals surface area contributed by atoms with E-state index in [1.165, 1.54) is 13.0 Å². The molecule has 0 saturated heterocycles. The first-order chi connectivity index (χ1) is 10.9. The van der Waals surface area contributed by atoms with Crippen LogP contribution in [0.5, 0.6) is 0 Å². The van der Waals surface area contributed by atoms with Gasteiger partial charge in [0.05, 0.1) is 5.69 Å². The summed E-state index contributed by atoms with van der Waals surface area (Å²) in [6.45, 7) is 7.98. The quantitative estimate of drug-likeness (QED) is 0.591. The van der Waals surface area contributed by atoms with Gasteiger partial charge in [-0.2, -0.15) is 0 Å². The van der Waals surface area contributed by atoms with Crippen molar-refractivity contribution in [3.63, 3.8) is 0 Å². The van der Waals surface area contributed by atoms with E-state index < -0.39 is 17.7 Å². The zero-order valence-corrected chi connectivity index (χ0v) is 13.8. The molecule has 0 saturated carbocycles. The minimum absolute atomic E-state index is 0.279. The highest BCUT2D eigenvalue weighted by Crippen LogP contribution is 2.18. The number of imide groups is 1. The lowest BCUT2D eigenvalue weighted by Gasteiger charge is -2.20. The lowest BCUT2D eigenvalue weighted by Crippen LogP contribution is -2.47. The van der Waals surface area contributed by atoms with Gasteiger partial charge in [0.25, 0.3) is 0 Å². The van der Waals surface area contributed by atoms with Crippen LogP contribution in [0.3, 0.4) is 0 Å². The predicted octanol–water partition coefficient (Wildman–Crippen LogP) is 0.606. The zero-order chi connectivity index (χ0) is 17.4. The Morgan fingerprint density at radius 2 is 1.83 bits per heavy atom. The third kappa shape index (κ3) is 5.37. The molecule has 0 fully saturated rings. The molecule has 0 bridgehead atoms. The number of nitrogens with two attached hydrogens (primary N) is 1. The molecular weight excluding hydrogens is 296 g/mol. The van der Waals surface area contributed by atoms with E-state index in [0.717, 1.165) is 18.0 Å². The maximum absolute atomic E-state index is 12.2. The molecule has 3 amide bonds. The number of hydrogen-bond donors (Lipinski definition) is 2. The highest BCUT2D eigenvalue weighted by Gasteiger charge is 2.26. The number of amides is 3. The fourth-order valence-electron chi connectivity index (χ4n) is 2.15.